The third kappa shape index (κ3) is 5.14. The van der Waals surface area contributed by atoms with Crippen LogP contribution in [0.5, 0.6) is 17.2 Å². The second kappa shape index (κ2) is 10.3. The van der Waals surface area contributed by atoms with Gasteiger partial charge in [0.25, 0.3) is 0 Å². The first-order chi connectivity index (χ1) is 16.5. The number of ether oxygens (including phenoxy) is 2. The number of rotatable bonds is 8. The van der Waals surface area contributed by atoms with Gasteiger partial charge in [-0.15, -0.1) is 0 Å². The molecule has 0 spiro atoms. The van der Waals surface area contributed by atoms with Crippen LogP contribution in [0.3, 0.4) is 0 Å². The molecule has 0 bridgehead atoms. The Morgan fingerprint density at radius 3 is 2.11 bits per heavy atom. The summed E-state index contributed by atoms with van der Waals surface area (Å²) in [6, 6.07) is 26.2. The average Bonchev–Trinajstić information content (AvgIpc) is 3.31. The number of para-hydroxylation sites is 3. The number of fused-ring (bicyclic) bond motifs is 2. The Bertz CT molecular complexity index is 1220. The molecule has 0 N–H and O–H groups in total. The molecule has 5 rings (SSSR count). The van der Waals surface area contributed by atoms with Gasteiger partial charge in [-0.05, 0) is 31.2 Å². The summed E-state index contributed by atoms with van der Waals surface area (Å²) in [6.07, 6.45) is 2.83. The van der Waals surface area contributed by atoms with Gasteiger partial charge in [0.2, 0.25) is 5.89 Å². The standard InChI is InChI=1S/C29H31N2O3.BrH/c1-29(24-14-7-9-16-26(24)34-27-17-10-8-15-25(27)29)28-30-20-23(33-28)21-31(2,3)18-11-19-32-22-12-5-4-6-13-22;/h4-10,12-17,20H,11,18-19,21H2,1-3H3;1H/q+1;/p-1. The number of oxazole rings is 1. The molecule has 6 heteroatoms. The number of nitrogens with zero attached hydrogens (tertiary/aromatic N) is 2. The first-order valence-corrected chi connectivity index (χ1v) is 11.8. The van der Waals surface area contributed by atoms with Gasteiger partial charge in [0, 0.05) is 17.5 Å². The third-order valence-electron chi connectivity index (χ3n) is 6.56. The average molecular weight is 535 g/mol. The van der Waals surface area contributed by atoms with E-state index in [1.165, 1.54) is 0 Å². The molecule has 1 aliphatic heterocycles. The van der Waals surface area contributed by atoms with E-state index < -0.39 is 5.41 Å². The summed E-state index contributed by atoms with van der Waals surface area (Å²) in [5, 5.41) is 0. The van der Waals surface area contributed by atoms with Crippen molar-refractivity contribution in [1.29, 1.82) is 0 Å². The zero-order valence-electron chi connectivity index (χ0n) is 20.4. The van der Waals surface area contributed by atoms with Crippen molar-refractivity contribution in [3.05, 3.63) is 108 Å². The Kier molecular flexibility index (Phi) is 7.33. The molecule has 2 heterocycles. The SMILES string of the molecule is CC1(c2ncc(C[N+](C)(C)CCCOc3ccccc3)o2)c2ccccc2Oc2ccccc21.[Br-]. The van der Waals surface area contributed by atoms with Crippen molar-refractivity contribution in [3.63, 3.8) is 0 Å². The third-order valence-corrected chi connectivity index (χ3v) is 6.56. The highest BCUT2D eigenvalue weighted by atomic mass is 79.9. The Morgan fingerprint density at radius 1 is 0.857 bits per heavy atom. The molecule has 0 aliphatic carbocycles. The first kappa shape index (κ1) is 25.0. The summed E-state index contributed by atoms with van der Waals surface area (Å²) in [7, 11) is 4.43. The topological polar surface area (TPSA) is 44.5 Å². The maximum atomic E-state index is 6.44. The van der Waals surface area contributed by atoms with Crippen LogP contribution in [0.1, 0.15) is 36.1 Å². The number of halogens is 1. The molecular weight excluding hydrogens is 504 g/mol. The van der Waals surface area contributed by atoms with Crippen molar-refractivity contribution in [2.24, 2.45) is 0 Å². The highest BCUT2D eigenvalue weighted by Crippen LogP contribution is 2.50. The number of hydrogen-bond acceptors (Lipinski definition) is 4. The van der Waals surface area contributed by atoms with E-state index in [2.05, 4.69) is 33.2 Å². The van der Waals surface area contributed by atoms with E-state index in [0.29, 0.717) is 12.5 Å². The maximum Gasteiger partial charge on any atom is 0.209 e. The highest BCUT2D eigenvalue weighted by Gasteiger charge is 2.43. The second-order valence-corrected chi connectivity index (χ2v) is 9.68. The monoisotopic (exact) mass is 534 g/mol. The lowest BCUT2D eigenvalue weighted by molar-refractivity contribution is -0.904. The van der Waals surface area contributed by atoms with Crippen LogP contribution in [0.15, 0.2) is 89.5 Å². The van der Waals surface area contributed by atoms with Gasteiger partial charge in [0.1, 0.15) is 29.2 Å². The highest BCUT2D eigenvalue weighted by molar-refractivity contribution is 5.60. The fourth-order valence-corrected chi connectivity index (χ4v) is 4.74. The molecule has 0 saturated carbocycles. The van der Waals surface area contributed by atoms with Crippen molar-refractivity contribution in [3.8, 4) is 17.2 Å². The molecule has 0 unspecified atom stereocenters. The minimum absolute atomic E-state index is 0. The molecule has 1 aliphatic rings. The first-order valence-electron chi connectivity index (χ1n) is 11.8. The lowest BCUT2D eigenvalue weighted by Crippen LogP contribution is -3.00. The van der Waals surface area contributed by atoms with Crippen LogP contribution in [0, 0.1) is 0 Å². The van der Waals surface area contributed by atoms with Gasteiger partial charge in [-0.25, -0.2) is 4.98 Å². The predicted molar refractivity (Wildman–Crippen MR) is 132 cm³/mol. The predicted octanol–water partition coefficient (Wildman–Crippen LogP) is 3.18. The van der Waals surface area contributed by atoms with E-state index in [9.17, 15) is 0 Å². The van der Waals surface area contributed by atoms with Crippen LogP contribution in [0.25, 0.3) is 0 Å². The normalized spacial score (nSPS) is 13.7. The summed E-state index contributed by atoms with van der Waals surface area (Å²) in [4.78, 5) is 4.77. The van der Waals surface area contributed by atoms with Crippen molar-refractivity contribution in [2.45, 2.75) is 25.3 Å². The van der Waals surface area contributed by atoms with E-state index in [0.717, 1.165) is 58.1 Å². The van der Waals surface area contributed by atoms with Crippen LogP contribution in [-0.2, 0) is 12.0 Å². The lowest BCUT2D eigenvalue weighted by atomic mass is 9.74. The minimum Gasteiger partial charge on any atom is -1.00 e. The van der Waals surface area contributed by atoms with Gasteiger partial charge in [0.05, 0.1) is 33.4 Å². The Labute approximate surface area is 217 Å². The van der Waals surface area contributed by atoms with E-state index in [1.807, 2.05) is 72.9 Å². The van der Waals surface area contributed by atoms with E-state index in [1.54, 1.807) is 0 Å². The minimum atomic E-state index is -0.523. The van der Waals surface area contributed by atoms with Gasteiger partial charge >= 0.3 is 0 Å². The lowest BCUT2D eigenvalue weighted by Gasteiger charge is -2.35. The van der Waals surface area contributed by atoms with Crippen molar-refractivity contribution < 1.29 is 35.4 Å². The molecule has 3 aromatic carbocycles. The smallest absolute Gasteiger partial charge is 0.209 e. The van der Waals surface area contributed by atoms with Crippen LogP contribution in [-0.4, -0.2) is 36.7 Å². The Hall–Kier alpha value is -3.09. The van der Waals surface area contributed by atoms with Crippen molar-refractivity contribution in [1.82, 2.24) is 4.98 Å². The molecule has 0 atom stereocenters. The molecule has 0 saturated heterocycles. The van der Waals surface area contributed by atoms with E-state index in [4.69, 9.17) is 18.9 Å². The number of hydrogen-bond donors (Lipinski definition) is 0. The molecule has 4 aromatic rings. The van der Waals surface area contributed by atoms with Crippen LogP contribution < -0.4 is 26.5 Å². The van der Waals surface area contributed by atoms with Crippen molar-refractivity contribution >= 4 is 0 Å². The Morgan fingerprint density at radius 2 is 1.46 bits per heavy atom. The zero-order valence-corrected chi connectivity index (χ0v) is 22.0. The van der Waals surface area contributed by atoms with Crippen LogP contribution in [0.2, 0.25) is 0 Å². The number of aromatic nitrogens is 1. The largest absolute Gasteiger partial charge is 1.00 e. The summed E-state index contributed by atoms with van der Waals surface area (Å²) in [6.45, 7) is 4.59. The summed E-state index contributed by atoms with van der Waals surface area (Å²) in [5.74, 6) is 4.18. The molecule has 1 aromatic heterocycles. The summed E-state index contributed by atoms with van der Waals surface area (Å²) in [5.41, 5.74) is 1.60. The number of benzene rings is 3. The molecule has 0 fully saturated rings. The molecule has 35 heavy (non-hydrogen) atoms. The fourth-order valence-electron chi connectivity index (χ4n) is 4.74. The van der Waals surface area contributed by atoms with Gasteiger partial charge in [-0.2, -0.15) is 0 Å². The second-order valence-electron chi connectivity index (χ2n) is 9.68. The molecule has 5 nitrogen and oxygen atoms in total. The fraction of sp³-hybridized carbons (Fsp3) is 0.276. The van der Waals surface area contributed by atoms with E-state index in [-0.39, 0.29) is 17.0 Å². The van der Waals surface area contributed by atoms with E-state index >= 15 is 0 Å². The van der Waals surface area contributed by atoms with Gasteiger partial charge in [-0.3, -0.25) is 0 Å². The van der Waals surface area contributed by atoms with Crippen LogP contribution >= 0.6 is 0 Å². The van der Waals surface area contributed by atoms with Crippen LogP contribution in [0.4, 0.5) is 0 Å². The maximum absolute atomic E-state index is 6.44. The molecule has 0 radical (unpaired) electrons. The number of quaternary nitrogens is 1. The summed E-state index contributed by atoms with van der Waals surface area (Å²) < 4.78 is 19.3. The quantitative estimate of drug-likeness (QED) is 0.257. The zero-order chi connectivity index (χ0) is 23.6. The van der Waals surface area contributed by atoms with Gasteiger partial charge < -0.3 is 35.4 Å². The van der Waals surface area contributed by atoms with Gasteiger partial charge in [0.15, 0.2) is 5.76 Å². The van der Waals surface area contributed by atoms with Crippen molar-refractivity contribution in [2.75, 3.05) is 27.2 Å². The summed E-state index contributed by atoms with van der Waals surface area (Å²) >= 11 is 0. The molecule has 182 valence electrons. The molecular formula is C29H31BrN2O3. The Balaban J connectivity index is 0.00000289. The molecule has 0 amide bonds. The van der Waals surface area contributed by atoms with Gasteiger partial charge in [-0.1, -0.05) is 54.6 Å².